The first-order valence-electron chi connectivity index (χ1n) is 10.0. The van der Waals surface area contributed by atoms with Crippen molar-refractivity contribution in [1.82, 2.24) is 5.32 Å². The number of sulfone groups is 1. The van der Waals surface area contributed by atoms with Gasteiger partial charge in [0.1, 0.15) is 6.04 Å². The highest BCUT2D eigenvalue weighted by Crippen LogP contribution is 2.38. The number of benzene rings is 2. The van der Waals surface area contributed by atoms with Crippen molar-refractivity contribution in [3.8, 4) is 0 Å². The maximum atomic E-state index is 13.0. The van der Waals surface area contributed by atoms with Crippen LogP contribution in [0.5, 0.6) is 0 Å². The summed E-state index contributed by atoms with van der Waals surface area (Å²) >= 11 is 0. The van der Waals surface area contributed by atoms with Crippen LogP contribution >= 0.6 is 0 Å². The largest absolute Gasteiger partial charge is 0.421 e. The fourth-order valence-electron chi connectivity index (χ4n) is 3.56. The summed E-state index contributed by atoms with van der Waals surface area (Å²) in [5, 5.41) is 15.4. The summed E-state index contributed by atoms with van der Waals surface area (Å²) in [6, 6.07) is 8.70. The van der Waals surface area contributed by atoms with Gasteiger partial charge in [-0.25, -0.2) is 8.42 Å². The number of amides is 1. The predicted molar refractivity (Wildman–Crippen MR) is 114 cm³/mol. The zero-order valence-electron chi connectivity index (χ0n) is 17.8. The van der Waals surface area contributed by atoms with Crippen LogP contribution in [0.25, 0.3) is 0 Å². The van der Waals surface area contributed by atoms with E-state index in [2.05, 4.69) is 10.6 Å². The van der Waals surface area contributed by atoms with Crippen LogP contribution in [0.15, 0.2) is 47.4 Å². The first-order valence-corrected chi connectivity index (χ1v) is 11.7. The molecule has 0 spiro atoms. The SMILES string of the molecule is CC(C)CS(=O)(=O)c1ccc2c(c1)CNC2C(=O)Nc1ccc(C(C)(O)C(F)(F)F)cc1. The Bertz CT molecular complexity index is 1110. The van der Waals surface area contributed by atoms with Crippen molar-refractivity contribution in [1.29, 1.82) is 0 Å². The second kappa shape index (κ2) is 8.49. The lowest BCUT2D eigenvalue weighted by Crippen LogP contribution is -2.39. The van der Waals surface area contributed by atoms with Gasteiger partial charge in [0.25, 0.3) is 0 Å². The first kappa shape index (κ1) is 24.2. The number of hydrogen-bond donors (Lipinski definition) is 3. The highest BCUT2D eigenvalue weighted by molar-refractivity contribution is 7.91. The smallest absolute Gasteiger partial charge is 0.376 e. The van der Waals surface area contributed by atoms with Crippen LogP contribution in [0.2, 0.25) is 0 Å². The van der Waals surface area contributed by atoms with Crippen molar-refractivity contribution in [3.63, 3.8) is 0 Å². The third kappa shape index (κ3) is 4.82. The third-order valence-corrected chi connectivity index (χ3v) is 7.44. The van der Waals surface area contributed by atoms with Crippen molar-refractivity contribution < 1.29 is 31.5 Å². The molecule has 174 valence electrons. The van der Waals surface area contributed by atoms with Crippen molar-refractivity contribution in [3.05, 3.63) is 59.2 Å². The minimum atomic E-state index is -4.84. The summed E-state index contributed by atoms with van der Waals surface area (Å²) in [4.78, 5) is 12.9. The summed E-state index contributed by atoms with van der Waals surface area (Å²) in [6.07, 6.45) is -4.84. The lowest BCUT2D eigenvalue weighted by atomic mass is 9.95. The molecule has 3 rings (SSSR count). The van der Waals surface area contributed by atoms with E-state index in [1.807, 2.05) is 13.8 Å². The van der Waals surface area contributed by atoms with Crippen molar-refractivity contribution >= 4 is 21.4 Å². The van der Waals surface area contributed by atoms with E-state index in [1.54, 1.807) is 12.1 Å². The van der Waals surface area contributed by atoms with E-state index >= 15 is 0 Å². The van der Waals surface area contributed by atoms with Crippen LogP contribution in [0, 0.1) is 5.92 Å². The van der Waals surface area contributed by atoms with Crippen LogP contribution in [0.3, 0.4) is 0 Å². The number of alkyl halides is 3. The number of aliphatic hydroxyl groups is 1. The van der Waals surface area contributed by atoms with Gasteiger partial charge in [-0.3, -0.25) is 10.1 Å². The Morgan fingerprint density at radius 2 is 1.81 bits per heavy atom. The predicted octanol–water partition coefficient (Wildman–Crippen LogP) is 3.67. The van der Waals surface area contributed by atoms with Crippen LogP contribution in [0.4, 0.5) is 18.9 Å². The van der Waals surface area contributed by atoms with E-state index in [9.17, 15) is 31.5 Å². The number of carbonyl (C=O) groups is 1. The minimum absolute atomic E-state index is 0.0175. The number of anilines is 1. The Kier molecular flexibility index (Phi) is 6.43. The van der Waals surface area contributed by atoms with Crippen LogP contribution in [-0.4, -0.2) is 31.4 Å². The summed E-state index contributed by atoms with van der Waals surface area (Å²) in [7, 11) is -3.42. The van der Waals surface area contributed by atoms with E-state index in [0.717, 1.165) is 12.1 Å². The topological polar surface area (TPSA) is 95.5 Å². The van der Waals surface area contributed by atoms with Crippen molar-refractivity contribution in [2.75, 3.05) is 11.1 Å². The van der Waals surface area contributed by atoms with E-state index in [1.165, 1.54) is 18.2 Å². The van der Waals surface area contributed by atoms with E-state index < -0.39 is 33.6 Å². The first-order chi connectivity index (χ1) is 14.7. The molecule has 1 heterocycles. The molecule has 3 N–H and O–H groups in total. The van der Waals surface area contributed by atoms with Gasteiger partial charge in [-0.2, -0.15) is 13.2 Å². The molecular formula is C22H25F3N2O4S. The molecule has 2 unspecified atom stereocenters. The molecule has 32 heavy (non-hydrogen) atoms. The van der Waals surface area contributed by atoms with Gasteiger partial charge < -0.3 is 10.4 Å². The molecule has 0 bridgehead atoms. The van der Waals surface area contributed by atoms with Crippen molar-refractivity contribution in [2.24, 2.45) is 5.92 Å². The summed E-state index contributed by atoms with van der Waals surface area (Å²) in [6.45, 7) is 4.62. The Balaban J connectivity index is 1.75. The van der Waals surface area contributed by atoms with Gasteiger partial charge in [0, 0.05) is 12.2 Å². The molecule has 1 aliphatic rings. The Morgan fingerprint density at radius 1 is 1.19 bits per heavy atom. The molecule has 1 aliphatic heterocycles. The third-order valence-electron chi connectivity index (χ3n) is 5.36. The highest BCUT2D eigenvalue weighted by Gasteiger charge is 2.51. The molecule has 2 aromatic rings. The Labute approximate surface area is 184 Å². The molecule has 0 saturated carbocycles. The number of nitrogens with one attached hydrogen (secondary N) is 2. The van der Waals surface area contributed by atoms with Crippen LogP contribution in [-0.2, 0) is 26.8 Å². The quantitative estimate of drug-likeness (QED) is 0.599. The second-order valence-electron chi connectivity index (χ2n) is 8.49. The van der Waals surface area contributed by atoms with Gasteiger partial charge in [-0.05, 0) is 53.8 Å². The lowest BCUT2D eigenvalue weighted by molar-refractivity contribution is -0.258. The zero-order chi connectivity index (χ0) is 23.9. The van der Waals surface area contributed by atoms with Gasteiger partial charge in [0.05, 0.1) is 10.6 Å². The monoisotopic (exact) mass is 470 g/mol. The molecular weight excluding hydrogens is 445 g/mol. The van der Waals surface area contributed by atoms with Gasteiger partial charge >= 0.3 is 6.18 Å². The molecule has 2 aromatic carbocycles. The highest BCUT2D eigenvalue weighted by atomic mass is 32.2. The molecule has 1 amide bonds. The molecule has 10 heteroatoms. The van der Waals surface area contributed by atoms with Gasteiger partial charge in [-0.15, -0.1) is 0 Å². The molecule has 0 fully saturated rings. The maximum Gasteiger partial charge on any atom is 0.421 e. The number of hydrogen-bond acceptors (Lipinski definition) is 5. The average Bonchev–Trinajstić information content (AvgIpc) is 3.10. The van der Waals surface area contributed by atoms with Gasteiger partial charge in [0.15, 0.2) is 15.4 Å². The lowest BCUT2D eigenvalue weighted by Gasteiger charge is -2.26. The summed E-state index contributed by atoms with van der Waals surface area (Å²) in [5.74, 6) is -0.423. The van der Waals surface area contributed by atoms with Gasteiger partial charge in [-0.1, -0.05) is 32.0 Å². The van der Waals surface area contributed by atoms with Crippen LogP contribution < -0.4 is 10.6 Å². The molecule has 0 aromatic heterocycles. The average molecular weight is 471 g/mol. The summed E-state index contributed by atoms with van der Waals surface area (Å²) < 4.78 is 63.9. The zero-order valence-corrected chi connectivity index (χ0v) is 18.6. The minimum Gasteiger partial charge on any atom is -0.376 e. The van der Waals surface area contributed by atoms with Gasteiger partial charge in [0.2, 0.25) is 5.91 Å². The Morgan fingerprint density at radius 3 is 2.38 bits per heavy atom. The fourth-order valence-corrected chi connectivity index (χ4v) is 5.22. The Hall–Kier alpha value is -2.43. The number of fused-ring (bicyclic) bond motifs is 1. The summed E-state index contributed by atoms with van der Waals surface area (Å²) in [5.41, 5.74) is -1.74. The number of rotatable bonds is 6. The van der Waals surface area contributed by atoms with Crippen molar-refractivity contribution in [2.45, 2.75) is 50.0 Å². The number of halogens is 3. The van der Waals surface area contributed by atoms with E-state index in [0.29, 0.717) is 24.6 Å². The van der Waals surface area contributed by atoms with E-state index in [4.69, 9.17) is 0 Å². The molecule has 0 radical (unpaired) electrons. The normalized spacial score (nSPS) is 18.3. The van der Waals surface area contributed by atoms with E-state index in [-0.39, 0.29) is 27.8 Å². The second-order valence-corrected chi connectivity index (χ2v) is 10.5. The molecule has 0 aliphatic carbocycles. The molecule has 2 atom stereocenters. The van der Waals surface area contributed by atoms with Crippen LogP contribution in [0.1, 0.15) is 43.5 Å². The molecule has 0 saturated heterocycles. The fraction of sp³-hybridized carbons (Fsp3) is 0.409. The number of carbonyl (C=O) groups excluding carboxylic acids is 1. The standard InChI is InChI=1S/C22H25F3N2O4S/c1-13(2)12-32(30,31)17-8-9-18-14(10-17)11-26-19(18)20(28)27-16-6-4-15(5-7-16)21(3,29)22(23,24)25/h4-10,13,19,26,29H,11-12H2,1-3H3,(H,27,28). The molecule has 6 nitrogen and oxygen atoms in total. The maximum absolute atomic E-state index is 13.0.